The Hall–Kier alpha value is -1.42. The molecule has 0 spiro atoms. The minimum Gasteiger partial charge on any atom is -0.351 e. The summed E-state index contributed by atoms with van der Waals surface area (Å²) >= 11 is 0. The smallest absolute Gasteiger partial charge is 0.253 e. The number of likely N-dealkylation sites (N-methyl/N-ethyl adjacent to an activating group) is 1. The number of pyridine rings is 1. The Balaban J connectivity index is 2.65. The largest absolute Gasteiger partial charge is 0.351 e. The van der Waals surface area contributed by atoms with E-state index >= 15 is 0 Å². The van der Waals surface area contributed by atoms with E-state index in [1.54, 1.807) is 0 Å². The fourth-order valence-electron chi connectivity index (χ4n) is 1.32. The molecule has 0 fully saturated rings. The van der Waals surface area contributed by atoms with Gasteiger partial charge in [-0.1, -0.05) is 0 Å². The van der Waals surface area contributed by atoms with Crippen molar-refractivity contribution >= 4 is 5.91 Å². The number of aromatic nitrogens is 1. The van der Waals surface area contributed by atoms with Crippen molar-refractivity contribution in [3.8, 4) is 0 Å². The Morgan fingerprint density at radius 1 is 1.33 bits per heavy atom. The van der Waals surface area contributed by atoms with Gasteiger partial charge in [0, 0.05) is 18.8 Å². The molecule has 1 aromatic rings. The van der Waals surface area contributed by atoms with Gasteiger partial charge < -0.3 is 10.6 Å². The lowest BCUT2D eigenvalue weighted by Crippen LogP contribution is -2.31. The summed E-state index contributed by atoms with van der Waals surface area (Å²) < 4.78 is 0. The molecule has 1 rings (SSSR count). The van der Waals surface area contributed by atoms with Gasteiger partial charge in [0.05, 0.1) is 11.3 Å². The van der Waals surface area contributed by atoms with Gasteiger partial charge in [-0.05, 0) is 33.0 Å². The molecule has 0 aliphatic carbocycles. The molecule has 0 radical (unpaired) electrons. The minimum atomic E-state index is -0.0600. The van der Waals surface area contributed by atoms with Crippen molar-refractivity contribution in [2.75, 3.05) is 20.1 Å². The molecule has 1 amide bonds. The molecule has 15 heavy (non-hydrogen) atoms. The number of rotatable bonds is 4. The van der Waals surface area contributed by atoms with E-state index in [4.69, 9.17) is 0 Å². The average Bonchev–Trinajstić information content (AvgIpc) is 2.17. The van der Waals surface area contributed by atoms with Gasteiger partial charge in [0.2, 0.25) is 0 Å². The summed E-state index contributed by atoms with van der Waals surface area (Å²) in [6.07, 6.45) is 0. The molecule has 0 aliphatic rings. The van der Waals surface area contributed by atoms with Crippen LogP contribution >= 0.6 is 0 Å². The van der Waals surface area contributed by atoms with Crippen molar-refractivity contribution in [2.45, 2.75) is 13.8 Å². The lowest BCUT2D eigenvalue weighted by atomic mass is 10.2. The number of hydrogen-bond donors (Lipinski definition) is 2. The molecule has 4 nitrogen and oxygen atoms in total. The first-order chi connectivity index (χ1) is 7.15. The van der Waals surface area contributed by atoms with Crippen LogP contribution in [0.4, 0.5) is 0 Å². The number of amides is 1. The molecule has 2 N–H and O–H groups in total. The second-order valence-corrected chi connectivity index (χ2v) is 3.45. The van der Waals surface area contributed by atoms with Crippen molar-refractivity contribution in [1.29, 1.82) is 0 Å². The summed E-state index contributed by atoms with van der Waals surface area (Å²) in [5.41, 5.74) is 2.35. The maximum atomic E-state index is 11.7. The van der Waals surface area contributed by atoms with Gasteiger partial charge in [0.1, 0.15) is 0 Å². The van der Waals surface area contributed by atoms with Gasteiger partial charge in [-0.15, -0.1) is 0 Å². The molecule has 82 valence electrons. The van der Waals surface area contributed by atoms with Crippen LogP contribution in [-0.2, 0) is 0 Å². The summed E-state index contributed by atoms with van der Waals surface area (Å²) in [5, 5.41) is 5.79. The van der Waals surface area contributed by atoms with Crippen LogP contribution in [0.15, 0.2) is 12.1 Å². The molecule has 0 aliphatic heterocycles. The van der Waals surface area contributed by atoms with Gasteiger partial charge in [-0.3, -0.25) is 9.78 Å². The number of nitrogens with zero attached hydrogens (tertiary/aromatic N) is 1. The number of nitrogens with one attached hydrogen (secondary N) is 2. The second-order valence-electron chi connectivity index (χ2n) is 3.45. The topological polar surface area (TPSA) is 54.0 Å². The van der Waals surface area contributed by atoms with Crippen LogP contribution in [0.3, 0.4) is 0 Å². The number of aryl methyl sites for hydroxylation is 2. The molecule has 4 heteroatoms. The summed E-state index contributed by atoms with van der Waals surface area (Å²) in [4.78, 5) is 15.9. The van der Waals surface area contributed by atoms with Gasteiger partial charge in [0.25, 0.3) is 5.91 Å². The first-order valence-electron chi connectivity index (χ1n) is 5.02. The second kappa shape index (κ2) is 5.46. The zero-order chi connectivity index (χ0) is 11.3. The van der Waals surface area contributed by atoms with E-state index in [1.807, 2.05) is 33.0 Å². The molecular weight excluding hydrogens is 190 g/mol. The summed E-state index contributed by atoms with van der Waals surface area (Å²) in [6, 6.07) is 3.66. The minimum absolute atomic E-state index is 0.0600. The third kappa shape index (κ3) is 3.32. The van der Waals surface area contributed by atoms with Crippen molar-refractivity contribution < 1.29 is 4.79 Å². The quantitative estimate of drug-likeness (QED) is 0.713. The zero-order valence-electron chi connectivity index (χ0n) is 9.42. The standard InChI is InChI=1S/C11H17N3O/c1-8-4-5-10(9(2)14-8)11(15)13-7-6-12-3/h4-5,12H,6-7H2,1-3H3,(H,13,15). The Bertz CT molecular complexity index is 350. The van der Waals surface area contributed by atoms with Crippen LogP contribution < -0.4 is 10.6 Å². The predicted molar refractivity (Wildman–Crippen MR) is 60.0 cm³/mol. The predicted octanol–water partition coefficient (Wildman–Crippen LogP) is 0.648. The normalized spacial score (nSPS) is 10.1. The SMILES string of the molecule is CNCCNC(=O)c1ccc(C)nc1C. The molecule has 0 atom stereocenters. The molecule has 0 unspecified atom stereocenters. The Labute approximate surface area is 90.1 Å². The average molecular weight is 207 g/mol. The Morgan fingerprint density at radius 3 is 2.67 bits per heavy atom. The van der Waals surface area contributed by atoms with E-state index in [1.165, 1.54) is 0 Å². The van der Waals surface area contributed by atoms with E-state index < -0.39 is 0 Å². The molecular formula is C11H17N3O. The maximum absolute atomic E-state index is 11.7. The van der Waals surface area contributed by atoms with Crippen LogP contribution in [0.2, 0.25) is 0 Å². The van der Waals surface area contributed by atoms with Crippen LogP contribution in [0.5, 0.6) is 0 Å². The lowest BCUT2D eigenvalue weighted by molar-refractivity contribution is 0.0953. The Morgan fingerprint density at radius 2 is 2.07 bits per heavy atom. The summed E-state index contributed by atoms with van der Waals surface area (Å²) in [5.74, 6) is -0.0600. The Kier molecular flexibility index (Phi) is 4.24. The van der Waals surface area contributed by atoms with Gasteiger partial charge in [0.15, 0.2) is 0 Å². The molecule has 1 aromatic heterocycles. The highest BCUT2D eigenvalue weighted by atomic mass is 16.1. The van der Waals surface area contributed by atoms with Crippen molar-refractivity contribution in [3.63, 3.8) is 0 Å². The monoisotopic (exact) mass is 207 g/mol. The number of carbonyl (C=O) groups excluding carboxylic acids is 1. The maximum Gasteiger partial charge on any atom is 0.253 e. The van der Waals surface area contributed by atoms with E-state index in [2.05, 4.69) is 15.6 Å². The van der Waals surface area contributed by atoms with Crippen molar-refractivity contribution in [2.24, 2.45) is 0 Å². The first kappa shape index (κ1) is 11.7. The molecule has 0 saturated carbocycles. The first-order valence-corrected chi connectivity index (χ1v) is 5.02. The molecule has 0 aromatic carbocycles. The van der Waals surface area contributed by atoms with Gasteiger partial charge in [-0.2, -0.15) is 0 Å². The fraction of sp³-hybridized carbons (Fsp3) is 0.455. The third-order valence-corrected chi connectivity index (χ3v) is 2.13. The van der Waals surface area contributed by atoms with Crippen LogP contribution in [0.1, 0.15) is 21.7 Å². The highest BCUT2D eigenvalue weighted by Gasteiger charge is 2.08. The van der Waals surface area contributed by atoms with E-state index in [9.17, 15) is 4.79 Å². The van der Waals surface area contributed by atoms with Crippen LogP contribution in [0.25, 0.3) is 0 Å². The molecule has 0 bridgehead atoms. The summed E-state index contributed by atoms with van der Waals surface area (Å²) in [7, 11) is 1.85. The molecule has 0 saturated heterocycles. The van der Waals surface area contributed by atoms with Crippen molar-refractivity contribution in [3.05, 3.63) is 29.1 Å². The van der Waals surface area contributed by atoms with E-state index in [0.717, 1.165) is 17.9 Å². The van der Waals surface area contributed by atoms with Crippen molar-refractivity contribution in [1.82, 2.24) is 15.6 Å². The number of carbonyl (C=O) groups is 1. The zero-order valence-corrected chi connectivity index (χ0v) is 9.42. The lowest BCUT2D eigenvalue weighted by Gasteiger charge is -2.07. The van der Waals surface area contributed by atoms with E-state index in [0.29, 0.717) is 12.1 Å². The number of hydrogen-bond acceptors (Lipinski definition) is 3. The van der Waals surface area contributed by atoms with E-state index in [-0.39, 0.29) is 5.91 Å². The third-order valence-electron chi connectivity index (χ3n) is 2.13. The highest BCUT2D eigenvalue weighted by Crippen LogP contribution is 2.05. The van der Waals surface area contributed by atoms with Gasteiger partial charge in [-0.25, -0.2) is 0 Å². The van der Waals surface area contributed by atoms with Gasteiger partial charge >= 0.3 is 0 Å². The van der Waals surface area contributed by atoms with Crippen LogP contribution in [0, 0.1) is 13.8 Å². The van der Waals surface area contributed by atoms with Crippen LogP contribution in [-0.4, -0.2) is 31.0 Å². The highest BCUT2D eigenvalue weighted by molar-refractivity contribution is 5.95. The molecule has 1 heterocycles. The fourth-order valence-corrected chi connectivity index (χ4v) is 1.32. The summed E-state index contributed by atoms with van der Waals surface area (Å²) in [6.45, 7) is 5.16.